The quantitative estimate of drug-likeness (QED) is 0.182. The Morgan fingerprint density at radius 1 is 1.22 bits per heavy atom. The fourth-order valence-corrected chi connectivity index (χ4v) is 6.93. The lowest BCUT2D eigenvalue weighted by atomic mass is 10.0. The molecule has 3 atom stereocenters. The van der Waals surface area contributed by atoms with Crippen LogP contribution in [0.2, 0.25) is 0 Å². The number of aliphatic hydroxyl groups is 1. The Hall–Kier alpha value is -3.16. The number of aliphatic hydroxyl groups excluding tert-OH is 1. The average molecular weight is 676 g/mol. The van der Waals surface area contributed by atoms with Crippen LogP contribution in [0.4, 0.5) is 33.3 Å². The van der Waals surface area contributed by atoms with Gasteiger partial charge in [0.05, 0.1) is 57.6 Å². The van der Waals surface area contributed by atoms with E-state index in [1.165, 1.54) is 25.3 Å². The maximum atomic E-state index is 15.2. The minimum atomic E-state index is -4.50. The number of hydrogen-bond donors (Lipinski definition) is 3. The van der Waals surface area contributed by atoms with Crippen LogP contribution in [0.15, 0.2) is 41.3 Å². The summed E-state index contributed by atoms with van der Waals surface area (Å²) in [6, 6.07) is 8.19. The average Bonchev–Trinajstić information content (AvgIpc) is 3.29. The Bertz CT molecular complexity index is 1640. The minimum Gasteiger partial charge on any atom is -0.461 e. The van der Waals surface area contributed by atoms with E-state index < -0.39 is 47.6 Å². The van der Waals surface area contributed by atoms with Crippen molar-refractivity contribution in [1.29, 1.82) is 0 Å². The number of ether oxygens (including phenoxy) is 2. The number of piperidine rings is 1. The van der Waals surface area contributed by atoms with Crippen molar-refractivity contribution in [2.75, 3.05) is 63.6 Å². The highest BCUT2D eigenvalue weighted by Gasteiger charge is 2.33. The van der Waals surface area contributed by atoms with Gasteiger partial charge in [-0.05, 0) is 35.6 Å². The summed E-state index contributed by atoms with van der Waals surface area (Å²) in [5.74, 6) is 5.54. The summed E-state index contributed by atoms with van der Waals surface area (Å²) in [7, 11) is -2.10. The standard InChI is InChI=1S/C30H34F5N3O5S2/c1-42-17-19(39)15-38-12-10-24(23(32)16-38)37-26-6-3-5-21-22(14-30(33,34)35)28(44-29(21)26)7-4-11-36-25-9-8-20(45(2,40)41)13-27(25)43-18-31/h3,5-6,8-9,13,19,23-24,36-37,39H,10-12,14-18H2,1-2H3. The molecule has 2 heterocycles. The maximum absolute atomic E-state index is 15.2. The molecule has 1 aromatic heterocycles. The SMILES string of the molecule is COCC(O)CN1CCC(Nc2cccc3c(CC(F)(F)F)c(C#CCNc4ccc(S(C)(=O)=O)cc4OCF)sc23)C(F)C1. The van der Waals surface area contributed by atoms with Crippen LogP contribution in [0.3, 0.4) is 0 Å². The van der Waals surface area contributed by atoms with Gasteiger partial charge in [-0.2, -0.15) is 13.2 Å². The molecule has 0 aliphatic carbocycles. The Morgan fingerprint density at radius 3 is 2.67 bits per heavy atom. The van der Waals surface area contributed by atoms with E-state index in [1.54, 1.807) is 18.2 Å². The summed E-state index contributed by atoms with van der Waals surface area (Å²) in [5, 5.41) is 16.4. The summed E-state index contributed by atoms with van der Waals surface area (Å²) in [5.41, 5.74) is 0.774. The van der Waals surface area contributed by atoms with E-state index in [4.69, 9.17) is 9.47 Å². The van der Waals surface area contributed by atoms with Gasteiger partial charge in [0, 0.05) is 39.1 Å². The predicted molar refractivity (Wildman–Crippen MR) is 164 cm³/mol. The second kappa shape index (κ2) is 15.0. The normalized spacial score (nSPS) is 18.3. The van der Waals surface area contributed by atoms with Gasteiger partial charge in [-0.25, -0.2) is 17.2 Å². The van der Waals surface area contributed by atoms with Gasteiger partial charge in [0.25, 0.3) is 0 Å². The number of fused-ring (bicyclic) bond motifs is 1. The number of methoxy groups -OCH3 is 1. The number of benzene rings is 2. The second-order valence-electron chi connectivity index (χ2n) is 10.6. The number of halogens is 5. The summed E-state index contributed by atoms with van der Waals surface area (Å²) in [4.78, 5) is 1.94. The molecular formula is C30H34F5N3O5S2. The molecule has 2 aromatic carbocycles. The van der Waals surface area contributed by atoms with Gasteiger partial charge in [-0.3, -0.25) is 4.90 Å². The molecule has 4 rings (SSSR count). The van der Waals surface area contributed by atoms with Gasteiger partial charge in [-0.1, -0.05) is 24.0 Å². The van der Waals surface area contributed by atoms with Crippen LogP contribution in [0.5, 0.6) is 5.75 Å². The van der Waals surface area contributed by atoms with Crippen molar-refractivity contribution in [3.63, 3.8) is 0 Å². The van der Waals surface area contributed by atoms with Crippen molar-refractivity contribution in [3.8, 4) is 17.6 Å². The first-order chi connectivity index (χ1) is 21.3. The third kappa shape index (κ3) is 9.43. The number of β-amino-alcohol motifs (C(OH)–C–C–N with tert-alkyl or cyclic N) is 1. The summed E-state index contributed by atoms with van der Waals surface area (Å²) >= 11 is 1.07. The van der Waals surface area contributed by atoms with Crippen molar-refractivity contribution < 1.29 is 45.0 Å². The third-order valence-corrected chi connectivity index (χ3v) is 9.46. The van der Waals surface area contributed by atoms with Crippen LogP contribution in [0.25, 0.3) is 10.1 Å². The number of nitrogens with zero attached hydrogens (tertiary/aromatic N) is 1. The molecule has 1 fully saturated rings. The molecule has 0 saturated carbocycles. The van der Waals surface area contributed by atoms with Gasteiger partial charge in [0.15, 0.2) is 9.84 Å². The highest BCUT2D eigenvalue weighted by atomic mass is 32.2. The fraction of sp³-hybridized carbons (Fsp3) is 0.467. The molecular weight excluding hydrogens is 641 g/mol. The number of anilines is 2. The van der Waals surface area contributed by atoms with E-state index in [-0.39, 0.29) is 53.0 Å². The molecule has 0 amide bonds. The zero-order chi connectivity index (χ0) is 32.8. The Morgan fingerprint density at radius 2 is 2.00 bits per heavy atom. The molecule has 1 aliphatic heterocycles. The Labute approximate surface area is 262 Å². The predicted octanol–water partition coefficient (Wildman–Crippen LogP) is 5.01. The first-order valence-electron chi connectivity index (χ1n) is 14.0. The zero-order valence-corrected chi connectivity index (χ0v) is 26.2. The molecule has 45 heavy (non-hydrogen) atoms. The molecule has 3 N–H and O–H groups in total. The van der Waals surface area contributed by atoms with Crippen LogP contribution in [0, 0.1) is 11.8 Å². The van der Waals surface area contributed by atoms with Crippen molar-refractivity contribution in [1.82, 2.24) is 4.90 Å². The molecule has 3 unspecified atom stereocenters. The van der Waals surface area contributed by atoms with Gasteiger partial charge < -0.3 is 25.2 Å². The number of hydrogen-bond acceptors (Lipinski definition) is 9. The molecule has 3 aromatic rings. The number of alkyl halides is 5. The third-order valence-electron chi connectivity index (χ3n) is 7.15. The van der Waals surface area contributed by atoms with E-state index in [0.717, 1.165) is 17.6 Å². The van der Waals surface area contributed by atoms with E-state index in [1.807, 2.05) is 4.90 Å². The van der Waals surface area contributed by atoms with Gasteiger partial charge in [0.1, 0.15) is 11.9 Å². The van der Waals surface area contributed by atoms with E-state index in [2.05, 4.69) is 22.5 Å². The monoisotopic (exact) mass is 675 g/mol. The number of rotatable bonds is 12. The minimum absolute atomic E-state index is 0.0105. The van der Waals surface area contributed by atoms with Crippen molar-refractivity contribution in [2.45, 2.75) is 42.2 Å². The second-order valence-corrected chi connectivity index (χ2v) is 13.7. The van der Waals surface area contributed by atoms with Crippen LogP contribution in [-0.2, 0) is 21.0 Å². The summed E-state index contributed by atoms with van der Waals surface area (Å²) < 4.78 is 103. The molecule has 1 aliphatic rings. The molecule has 15 heteroatoms. The van der Waals surface area contributed by atoms with Crippen molar-refractivity contribution in [3.05, 3.63) is 46.8 Å². The smallest absolute Gasteiger partial charge is 0.393 e. The molecule has 0 spiro atoms. The van der Waals surface area contributed by atoms with Gasteiger partial charge >= 0.3 is 6.18 Å². The van der Waals surface area contributed by atoms with Crippen LogP contribution in [0.1, 0.15) is 16.9 Å². The molecule has 246 valence electrons. The number of nitrogens with one attached hydrogen (secondary N) is 2. The van der Waals surface area contributed by atoms with Crippen molar-refractivity contribution >= 4 is 42.6 Å². The van der Waals surface area contributed by atoms with Crippen LogP contribution < -0.4 is 15.4 Å². The topological polar surface area (TPSA) is 100 Å². The molecule has 0 radical (unpaired) electrons. The number of likely N-dealkylation sites (tertiary alicyclic amines) is 1. The largest absolute Gasteiger partial charge is 0.461 e. The molecule has 0 bridgehead atoms. The maximum Gasteiger partial charge on any atom is 0.393 e. The van der Waals surface area contributed by atoms with Gasteiger partial charge in [-0.15, -0.1) is 11.3 Å². The fourth-order valence-electron chi connectivity index (χ4n) is 5.12. The summed E-state index contributed by atoms with van der Waals surface area (Å²) in [6.45, 7) is -0.229. The Balaban J connectivity index is 1.55. The number of thiophene rings is 1. The lowest BCUT2D eigenvalue weighted by molar-refractivity contribution is -0.126. The molecule has 1 saturated heterocycles. The van der Waals surface area contributed by atoms with Crippen LogP contribution >= 0.6 is 11.3 Å². The van der Waals surface area contributed by atoms with Crippen molar-refractivity contribution in [2.24, 2.45) is 0 Å². The van der Waals surface area contributed by atoms with Gasteiger partial charge in [0.2, 0.25) is 6.86 Å². The Kier molecular flexibility index (Phi) is 11.5. The lowest BCUT2D eigenvalue weighted by Crippen LogP contribution is -2.50. The highest BCUT2D eigenvalue weighted by Crippen LogP contribution is 2.39. The van der Waals surface area contributed by atoms with E-state index in [9.17, 15) is 31.1 Å². The lowest BCUT2D eigenvalue weighted by Gasteiger charge is -2.36. The first kappa shape index (κ1) is 34.7. The van der Waals surface area contributed by atoms with Crippen LogP contribution in [-0.4, -0.2) is 95.9 Å². The zero-order valence-electron chi connectivity index (χ0n) is 24.6. The summed E-state index contributed by atoms with van der Waals surface area (Å²) in [6.07, 6.45) is -6.29. The molecule has 8 nitrogen and oxygen atoms in total. The number of sulfone groups is 1. The van der Waals surface area contributed by atoms with E-state index in [0.29, 0.717) is 28.7 Å². The van der Waals surface area contributed by atoms with E-state index >= 15 is 4.39 Å². The first-order valence-corrected chi connectivity index (χ1v) is 16.7. The highest BCUT2D eigenvalue weighted by molar-refractivity contribution is 7.90.